The maximum Gasteiger partial charge on any atom is 0.165 e. The maximum atomic E-state index is 10.3. The van der Waals surface area contributed by atoms with Gasteiger partial charge in [-0.2, -0.15) is 0 Å². The molecular formula is C20H29NO5. The van der Waals surface area contributed by atoms with E-state index in [1.54, 1.807) is 20.5 Å². The zero-order valence-electron chi connectivity index (χ0n) is 16.0. The van der Waals surface area contributed by atoms with Gasteiger partial charge in [-0.1, -0.05) is 12.1 Å². The van der Waals surface area contributed by atoms with Gasteiger partial charge < -0.3 is 23.7 Å². The molecule has 0 saturated carbocycles. The molecule has 0 spiro atoms. The first kappa shape index (κ1) is 20.3. The Morgan fingerprint density at radius 3 is 2.50 bits per heavy atom. The highest BCUT2D eigenvalue weighted by molar-refractivity contribution is 5.46. The molecule has 0 aliphatic carbocycles. The number of methoxy groups -OCH3 is 2. The molecule has 0 saturated heterocycles. The average molecular weight is 363 g/mol. The number of aliphatic hydroxyl groups excluding tert-OH is 1. The van der Waals surface area contributed by atoms with E-state index in [1.807, 2.05) is 44.2 Å². The summed E-state index contributed by atoms with van der Waals surface area (Å²) in [5, 5.41) is 10.3. The molecule has 1 N–H and O–H groups in total. The van der Waals surface area contributed by atoms with E-state index in [1.165, 1.54) is 0 Å². The molecule has 0 unspecified atom stereocenters. The fourth-order valence-corrected chi connectivity index (χ4v) is 2.78. The molecule has 6 heteroatoms. The molecule has 2 rings (SSSR count). The number of hydrogen-bond donors (Lipinski definition) is 1. The fraction of sp³-hybridized carbons (Fsp3) is 0.500. The van der Waals surface area contributed by atoms with Crippen molar-refractivity contribution in [3.8, 4) is 11.5 Å². The van der Waals surface area contributed by atoms with E-state index in [4.69, 9.17) is 18.6 Å². The smallest absolute Gasteiger partial charge is 0.165 e. The maximum absolute atomic E-state index is 10.3. The Hall–Kier alpha value is -2.02. The number of aliphatic hydroxyl groups is 1. The van der Waals surface area contributed by atoms with Crippen LogP contribution in [0, 0.1) is 0 Å². The molecule has 1 aromatic carbocycles. The van der Waals surface area contributed by atoms with Gasteiger partial charge in [0.25, 0.3) is 0 Å². The Bertz CT molecular complexity index is 642. The van der Waals surface area contributed by atoms with Gasteiger partial charge in [-0.3, -0.25) is 4.90 Å². The molecule has 0 bridgehead atoms. The predicted octanol–water partition coefficient (Wildman–Crippen LogP) is 3.08. The van der Waals surface area contributed by atoms with Crippen LogP contribution in [0.5, 0.6) is 11.5 Å². The van der Waals surface area contributed by atoms with Gasteiger partial charge in [0.1, 0.15) is 5.76 Å². The van der Waals surface area contributed by atoms with Gasteiger partial charge in [-0.15, -0.1) is 0 Å². The van der Waals surface area contributed by atoms with Crippen LogP contribution in [0.1, 0.15) is 25.2 Å². The molecule has 0 aliphatic rings. The Morgan fingerprint density at radius 1 is 1.08 bits per heavy atom. The van der Waals surface area contributed by atoms with Crippen molar-refractivity contribution >= 4 is 0 Å². The van der Waals surface area contributed by atoms with E-state index in [-0.39, 0.29) is 6.10 Å². The van der Waals surface area contributed by atoms with Crippen LogP contribution >= 0.6 is 0 Å². The third-order valence-corrected chi connectivity index (χ3v) is 3.93. The van der Waals surface area contributed by atoms with Crippen LogP contribution < -0.4 is 9.47 Å². The van der Waals surface area contributed by atoms with Crippen LogP contribution in [0.4, 0.5) is 0 Å². The quantitative estimate of drug-likeness (QED) is 0.662. The molecule has 0 amide bonds. The van der Waals surface area contributed by atoms with Crippen molar-refractivity contribution in [2.24, 2.45) is 0 Å². The molecule has 0 fully saturated rings. The minimum atomic E-state index is -0.594. The SMILES string of the molecule is COc1cccc(CN(Cc2ccco2)C[C@H](O)COC(C)C)c1OC. The largest absolute Gasteiger partial charge is 0.493 e. The van der Waals surface area contributed by atoms with Gasteiger partial charge in [0.05, 0.1) is 45.8 Å². The highest BCUT2D eigenvalue weighted by Gasteiger charge is 2.18. The minimum absolute atomic E-state index is 0.0849. The Labute approximate surface area is 155 Å². The molecule has 2 aromatic rings. The number of furan rings is 1. The lowest BCUT2D eigenvalue weighted by atomic mass is 10.1. The molecular weight excluding hydrogens is 334 g/mol. The summed E-state index contributed by atoms with van der Waals surface area (Å²) in [4.78, 5) is 2.10. The standard InChI is InChI=1S/C20H29NO5/c1-15(2)26-14-17(22)12-21(13-18-8-6-10-25-18)11-16-7-5-9-19(23-3)20(16)24-4/h5-10,15,17,22H,11-14H2,1-4H3/t17-/m0/s1. The Morgan fingerprint density at radius 2 is 1.88 bits per heavy atom. The van der Waals surface area contributed by atoms with Crippen molar-refractivity contribution in [1.82, 2.24) is 4.90 Å². The lowest BCUT2D eigenvalue weighted by Gasteiger charge is -2.26. The van der Waals surface area contributed by atoms with Gasteiger partial charge in [0.2, 0.25) is 0 Å². The van der Waals surface area contributed by atoms with E-state index in [0.717, 1.165) is 11.3 Å². The zero-order chi connectivity index (χ0) is 18.9. The van der Waals surface area contributed by atoms with Crippen LogP contribution in [0.3, 0.4) is 0 Å². The topological polar surface area (TPSA) is 64.3 Å². The third kappa shape index (κ3) is 6.05. The van der Waals surface area contributed by atoms with E-state index < -0.39 is 6.10 Å². The van der Waals surface area contributed by atoms with Crippen molar-refractivity contribution in [3.05, 3.63) is 47.9 Å². The van der Waals surface area contributed by atoms with Crippen molar-refractivity contribution in [1.29, 1.82) is 0 Å². The van der Waals surface area contributed by atoms with Crippen molar-refractivity contribution < 1.29 is 23.7 Å². The number of ether oxygens (including phenoxy) is 3. The molecule has 6 nitrogen and oxygen atoms in total. The average Bonchev–Trinajstić information content (AvgIpc) is 3.12. The summed E-state index contributed by atoms with van der Waals surface area (Å²) >= 11 is 0. The van der Waals surface area contributed by atoms with Crippen LogP contribution in [0.25, 0.3) is 0 Å². The second-order valence-corrected chi connectivity index (χ2v) is 6.44. The summed E-state index contributed by atoms with van der Waals surface area (Å²) < 4.78 is 21.9. The van der Waals surface area contributed by atoms with Crippen molar-refractivity contribution in [2.75, 3.05) is 27.4 Å². The van der Waals surface area contributed by atoms with Crippen LogP contribution in [-0.4, -0.2) is 49.6 Å². The molecule has 1 atom stereocenters. The normalized spacial score (nSPS) is 12.6. The third-order valence-electron chi connectivity index (χ3n) is 3.93. The highest BCUT2D eigenvalue weighted by Crippen LogP contribution is 2.31. The van der Waals surface area contributed by atoms with Crippen LogP contribution in [0.2, 0.25) is 0 Å². The first-order valence-electron chi connectivity index (χ1n) is 8.77. The number of para-hydroxylation sites is 1. The minimum Gasteiger partial charge on any atom is -0.493 e. The first-order valence-corrected chi connectivity index (χ1v) is 8.77. The highest BCUT2D eigenvalue weighted by atomic mass is 16.5. The summed E-state index contributed by atoms with van der Waals surface area (Å²) in [6, 6.07) is 9.57. The van der Waals surface area contributed by atoms with E-state index in [2.05, 4.69) is 4.90 Å². The van der Waals surface area contributed by atoms with Gasteiger partial charge in [0.15, 0.2) is 11.5 Å². The zero-order valence-corrected chi connectivity index (χ0v) is 16.0. The number of benzene rings is 1. The van der Waals surface area contributed by atoms with Crippen molar-refractivity contribution in [3.63, 3.8) is 0 Å². The fourth-order valence-electron chi connectivity index (χ4n) is 2.78. The predicted molar refractivity (Wildman–Crippen MR) is 99.5 cm³/mol. The Balaban J connectivity index is 2.13. The molecule has 144 valence electrons. The lowest BCUT2D eigenvalue weighted by Crippen LogP contribution is -2.35. The van der Waals surface area contributed by atoms with E-state index >= 15 is 0 Å². The van der Waals surface area contributed by atoms with Gasteiger partial charge in [0, 0.05) is 18.7 Å². The molecule has 26 heavy (non-hydrogen) atoms. The van der Waals surface area contributed by atoms with Gasteiger partial charge in [-0.25, -0.2) is 0 Å². The number of rotatable bonds is 11. The molecule has 1 aromatic heterocycles. The summed E-state index contributed by atoms with van der Waals surface area (Å²) in [6.07, 6.45) is 1.14. The van der Waals surface area contributed by atoms with Gasteiger partial charge in [-0.05, 0) is 32.0 Å². The second-order valence-electron chi connectivity index (χ2n) is 6.44. The van der Waals surface area contributed by atoms with Crippen LogP contribution in [0.15, 0.2) is 41.0 Å². The first-order chi connectivity index (χ1) is 12.5. The van der Waals surface area contributed by atoms with E-state index in [9.17, 15) is 5.11 Å². The molecule has 0 aliphatic heterocycles. The van der Waals surface area contributed by atoms with Gasteiger partial charge >= 0.3 is 0 Å². The monoisotopic (exact) mass is 363 g/mol. The number of nitrogens with zero attached hydrogens (tertiary/aromatic N) is 1. The van der Waals surface area contributed by atoms with Crippen molar-refractivity contribution in [2.45, 2.75) is 39.1 Å². The summed E-state index contributed by atoms with van der Waals surface area (Å²) in [7, 11) is 3.25. The summed E-state index contributed by atoms with van der Waals surface area (Å²) in [5.41, 5.74) is 0.982. The Kier molecular flexibility index (Phi) is 7.97. The second kappa shape index (κ2) is 10.2. The molecule has 0 radical (unpaired) electrons. The molecule has 1 heterocycles. The summed E-state index contributed by atoms with van der Waals surface area (Å²) in [6.45, 7) is 5.81. The van der Waals surface area contributed by atoms with Crippen LogP contribution in [-0.2, 0) is 17.8 Å². The lowest BCUT2D eigenvalue weighted by molar-refractivity contribution is -0.0114. The summed E-state index contributed by atoms with van der Waals surface area (Å²) in [5.74, 6) is 2.22. The number of hydrogen-bond acceptors (Lipinski definition) is 6. The van der Waals surface area contributed by atoms with E-state index in [0.29, 0.717) is 37.7 Å².